The molecule has 3 rings (SSSR count). The van der Waals surface area contributed by atoms with Crippen LogP contribution in [-0.2, 0) is 13.1 Å². The van der Waals surface area contributed by atoms with E-state index in [0.717, 1.165) is 4.57 Å². The van der Waals surface area contributed by atoms with Crippen molar-refractivity contribution in [2.45, 2.75) is 19.3 Å². The van der Waals surface area contributed by atoms with Crippen LogP contribution >= 0.6 is 0 Å². The molecular weight excluding hydrogens is 393 g/mol. The number of non-ortho nitro benzene ring substituents is 1. The molecule has 1 amide bonds. The molecule has 0 fully saturated rings. The zero-order valence-corrected chi connectivity index (χ0v) is 15.1. The quantitative estimate of drug-likeness (QED) is 0.461. The van der Waals surface area contributed by atoms with Crippen LogP contribution in [0.25, 0.3) is 5.69 Å². The molecule has 1 aromatic carbocycles. The molecule has 29 heavy (non-hydrogen) atoms. The minimum Gasteiger partial charge on any atom is -0.334 e. The number of carbonyl (C=O) groups is 1. The van der Waals surface area contributed by atoms with Crippen LogP contribution < -0.4 is 0 Å². The lowest BCUT2D eigenvalue weighted by Gasteiger charge is -2.17. The standard InChI is InChI=1S/C17H15F3N6O3/c1-23(10-15-21-6-7-24(15)11-17(18,19)20)16(27)12-8-22-25(9-12)13-2-4-14(5-3-13)26(28)29/h2-9H,10-11H2,1H3. The van der Waals surface area contributed by atoms with Gasteiger partial charge < -0.3 is 9.47 Å². The largest absolute Gasteiger partial charge is 0.406 e. The minimum absolute atomic E-state index is 0.0775. The van der Waals surface area contributed by atoms with Crippen LogP contribution in [0.4, 0.5) is 18.9 Å². The number of nitrogens with zero attached hydrogens (tertiary/aromatic N) is 6. The Morgan fingerprint density at radius 3 is 2.59 bits per heavy atom. The Morgan fingerprint density at radius 2 is 1.97 bits per heavy atom. The Hall–Kier alpha value is -3.70. The number of nitro benzene ring substituents is 1. The van der Waals surface area contributed by atoms with Crippen LogP contribution in [0.3, 0.4) is 0 Å². The van der Waals surface area contributed by atoms with Crippen molar-refractivity contribution >= 4 is 11.6 Å². The van der Waals surface area contributed by atoms with Crippen molar-refractivity contribution < 1.29 is 22.9 Å². The van der Waals surface area contributed by atoms with Crippen molar-refractivity contribution in [1.82, 2.24) is 24.2 Å². The summed E-state index contributed by atoms with van der Waals surface area (Å²) in [6.07, 6.45) is 0.786. The molecule has 2 aromatic heterocycles. The van der Waals surface area contributed by atoms with Gasteiger partial charge in [0.05, 0.1) is 28.9 Å². The molecule has 0 aliphatic carbocycles. The molecule has 0 spiro atoms. The van der Waals surface area contributed by atoms with Crippen molar-refractivity contribution in [3.8, 4) is 5.69 Å². The number of rotatable bonds is 6. The maximum Gasteiger partial charge on any atom is 0.406 e. The summed E-state index contributed by atoms with van der Waals surface area (Å²) in [4.78, 5) is 27.9. The van der Waals surface area contributed by atoms with Gasteiger partial charge in [0.15, 0.2) is 0 Å². The molecule has 12 heteroatoms. The van der Waals surface area contributed by atoms with Gasteiger partial charge in [0, 0.05) is 37.8 Å². The zero-order valence-electron chi connectivity index (χ0n) is 15.1. The summed E-state index contributed by atoms with van der Waals surface area (Å²) in [5.74, 6) is -0.361. The molecule has 3 aromatic rings. The van der Waals surface area contributed by atoms with Crippen molar-refractivity contribution in [3.05, 3.63) is 70.6 Å². The maximum absolute atomic E-state index is 12.6. The van der Waals surface area contributed by atoms with Crippen LogP contribution in [0.1, 0.15) is 16.2 Å². The van der Waals surface area contributed by atoms with Gasteiger partial charge >= 0.3 is 6.18 Å². The summed E-state index contributed by atoms with van der Waals surface area (Å²) in [7, 11) is 1.44. The van der Waals surface area contributed by atoms with E-state index in [1.165, 1.54) is 65.7 Å². The summed E-state index contributed by atoms with van der Waals surface area (Å²) < 4.78 is 40.2. The molecular formula is C17H15F3N6O3. The van der Waals surface area contributed by atoms with Gasteiger partial charge in [-0.05, 0) is 12.1 Å². The Bertz CT molecular complexity index is 1030. The number of benzene rings is 1. The smallest absolute Gasteiger partial charge is 0.334 e. The molecule has 0 aliphatic rings. The summed E-state index contributed by atoms with van der Waals surface area (Å²) in [5, 5.41) is 14.8. The van der Waals surface area contributed by atoms with Gasteiger partial charge in [-0.2, -0.15) is 18.3 Å². The number of aromatic nitrogens is 4. The van der Waals surface area contributed by atoms with E-state index in [-0.39, 0.29) is 23.6 Å². The van der Waals surface area contributed by atoms with Crippen molar-refractivity contribution in [2.24, 2.45) is 0 Å². The normalized spacial score (nSPS) is 11.4. The monoisotopic (exact) mass is 408 g/mol. The van der Waals surface area contributed by atoms with E-state index in [0.29, 0.717) is 5.69 Å². The molecule has 152 valence electrons. The number of alkyl halides is 3. The fourth-order valence-corrected chi connectivity index (χ4v) is 2.63. The molecule has 0 N–H and O–H groups in total. The number of hydrogen-bond donors (Lipinski definition) is 0. The highest BCUT2D eigenvalue weighted by molar-refractivity contribution is 5.93. The average Bonchev–Trinajstić information content (AvgIpc) is 3.30. The van der Waals surface area contributed by atoms with E-state index in [2.05, 4.69) is 10.1 Å². The number of imidazole rings is 1. The first-order chi connectivity index (χ1) is 13.6. The number of amides is 1. The fraction of sp³-hybridized carbons (Fsp3) is 0.235. The van der Waals surface area contributed by atoms with Gasteiger partial charge in [-0.15, -0.1) is 0 Å². The predicted octanol–water partition coefficient (Wildman–Crippen LogP) is 2.81. The maximum atomic E-state index is 12.6. The van der Waals surface area contributed by atoms with Crippen LogP contribution in [0, 0.1) is 10.1 Å². The highest BCUT2D eigenvalue weighted by Gasteiger charge is 2.29. The molecule has 0 aliphatic heterocycles. The van der Waals surface area contributed by atoms with Crippen molar-refractivity contribution in [1.29, 1.82) is 0 Å². The Labute approximate surface area is 162 Å². The molecule has 0 bridgehead atoms. The first kappa shape index (κ1) is 20.0. The second-order valence-electron chi connectivity index (χ2n) is 6.19. The Balaban J connectivity index is 1.71. The summed E-state index contributed by atoms with van der Waals surface area (Å²) in [6, 6.07) is 5.59. The van der Waals surface area contributed by atoms with E-state index in [1.807, 2.05) is 0 Å². The summed E-state index contributed by atoms with van der Waals surface area (Å²) >= 11 is 0. The van der Waals surface area contributed by atoms with Gasteiger partial charge in [-0.1, -0.05) is 0 Å². The third kappa shape index (κ3) is 4.78. The van der Waals surface area contributed by atoms with Gasteiger partial charge in [-0.3, -0.25) is 14.9 Å². The van der Waals surface area contributed by atoms with E-state index in [1.54, 1.807) is 0 Å². The minimum atomic E-state index is -4.40. The summed E-state index contributed by atoms with van der Waals surface area (Å²) in [6.45, 7) is -1.31. The number of hydrogen-bond acceptors (Lipinski definition) is 5. The van der Waals surface area contributed by atoms with Gasteiger partial charge in [0.1, 0.15) is 12.4 Å². The third-order valence-electron chi connectivity index (χ3n) is 4.03. The molecule has 0 unspecified atom stereocenters. The Kier molecular flexibility index (Phi) is 5.35. The second-order valence-corrected chi connectivity index (χ2v) is 6.19. The second kappa shape index (κ2) is 7.73. The number of halogens is 3. The van der Waals surface area contributed by atoms with Crippen LogP contribution in [0.5, 0.6) is 0 Å². The Morgan fingerprint density at radius 1 is 1.28 bits per heavy atom. The fourth-order valence-electron chi connectivity index (χ4n) is 2.63. The average molecular weight is 408 g/mol. The topological polar surface area (TPSA) is 99.1 Å². The SMILES string of the molecule is CN(Cc1nccn1CC(F)(F)F)C(=O)c1cnn(-c2ccc([N+](=O)[O-])cc2)c1. The predicted molar refractivity (Wildman–Crippen MR) is 94.3 cm³/mol. The van der Waals surface area contributed by atoms with Gasteiger partial charge in [-0.25, -0.2) is 9.67 Å². The highest BCUT2D eigenvalue weighted by atomic mass is 19.4. The zero-order chi connectivity index (χ0) is 21.2. The first-order valence-corrected chi connectivity index (χ1v) is 8.26. The molecule has 0 saturated carbocycles. The number of nitro groups is 1. The highest BCUT2D eigenvalue weighted by Crippen LogP contribution is 2.19. The van der Waals surface area contributed by atoms with Crippen LogP contribution in [0.15, 0.2) is 49.1 Å². The molecule has 2 heterocycles. The van der Waals surface area contributed by atoms with E-state index in [4.69, 9.17) is 0 Å². The lowest BCUT2D eigenvalue weighted by atomic mass is 10.3. The first-order valence-electron chi connectivity index (χ1n) is 8.26. The third-order valence-corrected chi connectivity index (χ3v) is 4.03. The van der Waals surface area contributed by atoms with E-state index in [9.17, 15) is 28.1 Å². The molecule has 0 saturated heterocycles. The molecule has 0 atom stereocenters. The lowest BCUT2D eigenvalue weighted by Crippen LogP contribution is -2.28. The molecule has 0 radical (unpaired) electrons. The van der Waals surface area contributed by atoms with Crippen molar-refractivity contribution in [2.75, 3.05) is 7.05 Å². The van der Waals surface area contributed by atoms with E-state index < -0.39 is 23.6 Å². The van der Waals surface area contributed by atoms with Gasteiger partial charge in [0.2, 0.25) is 0 Å². The summed E-state index contributed by atoms with van der Waals surface area (Å²) in [5.41, 5.74) is 0.643. The van der Waals surface area contributed by atoms with Gasteiger partial charge in [0.25, 0.3) is 11.6 Å². The number of carbonyl (C=O) groups excluding carboxylic acids is 1. The lowest BCUT2D eigenvalue weighted by molar-refractivity contribution is -0.384. The van der Waals surface area contributed by atoms with E-state index >= 15 is 0 Å². The van der Waals surface area contributed by atoms with Crippen LogP contribution in [-0.4, -0.2) is 48.3 Å². The van der Waals surface area contributed by atoms with Crippen molar-refractivity contribution in [3.63, 3.8) is 0 Å². The molecule has 9 nitrogen and oxygen atoms in total. The van der Waals surface area contributed by atoms with Crippen LogP contribution in [0.2, 0.25) is 0 Å².